The van der Waals surface area contributed by atoms with Crippen LogP contribution in [0.5, 0.6) is 0 Å². The highest BCUT2D eigenvalue weighted by Crippen LogP contribution is 2.43. The van der Waals surface area contributed by atoms with Gasteiger partial charge in [0.05, 0.1) is 6.04 Å². The van der Waals surface area contributed by atoms with Crippen molar-refractivity contribution in [3.05, 3.63) is 41.7 Å². The van der Waals surface area contributed by atoms with E-state index in [4.69, 9.17) is 0 Å². The summed E-state index contributed by atoms with van der Waals surface area (Å²) in [5.41, 5.74) is 0.560. The molecule has 0 amide bonds. The van der Waals surface area contributed by atoms with E-state index in [0.717, 1.165) is 4.68 Å². The molecule has 5 nitrogen and oxygen atoms in total. The van der Waals surface area contributed by atoms with Gasteiger partial charge in [0.15, 0.2) is 12.0 Å². The molecule has 0 saturated carbocycles. The molecule has 2 heterocycles. The van der Waals surface area contributed by atoms with Gasteiger partial charge in [-0.2, -0.15) is 22.5 Å². The summed E-state index contributed by atoms with van der Waals surface area (Å²) in [6.45, 7) is -0.223. The molecule has 1 aromatic carbocycles. The molecule has 0 fully saturated rings. The van der Waals surface area contributed by atoms with E-state index in [2.05, 4.69) is 10.1 Å². The first-order chi connectivity index (χ1) is 11.5. The van der Waals surface area contributed by atoms with E-state index in [-0.39, 0.29) is 13.3 Å². The minimum absolute atomic E-state index is 0.111. The van der Waals surface area contributed by atoms with Gasteiger partial charge in [-0.3, -0.25) is 0 Å². The quantitative estimate of drug-likeness (QED) is 0.763. The second-order valence-corrected chi connectivity index (χ2v) is 7.62. The fraction of sp³-hybridized carbons (Fsp3) is 0.429. The number of nitrogens with zero attached hydrogens (tertiary/aromatic N) is 3. The van der Waals surface area contributed by atoms with Crippen LogP contribution in [0.2, 0.25) is 0 Å². The largest absolute Gasteiger partial charge is 0.414 e. The van der Waals surface area contributed by atoms with Gasteiger partial charge in [-0.05, 0) is 5.56 Å². The predicted molar refractivity (Wildman–Crippen MR) is 75.8 cm³/mol. The Balaban J connectivity index is 2.08. The fourth-order valence-corrected chi connectivity index (χ4v) is 3.69. The molecule has 0 radical (unpaired) electrons. The fourth-order valence-electron chi connectivity index (χ4n) is 2.58. The molecular weight excluding hydrogens is 369 g/mol. The Hall–Kier alpha value is -2.04. The van der Waals surface area contributed by atoms with Gasteiger partial charge >= 0.3 is 11.2 Å². The third-order valence-corrected chi connectivity index (χ3v) is 5.60. The lowest BCUT2D eigenvalue weighted by Crippen LogP contribution is -2.45. The Morgan fingerprint density at radius 1 is 1.16 bits per heavy atom. The van der Waals surface area contributed by atoms with E-state index >= 15 is 0 Å². The van der Waals surface area contributed by atoms with Crippen LogP contribution in [0.1, 0.15) is 36.9 Å². The Labute approximate surface area is 139 Å². The normalized spacial score (nSPS) is 21.4. The van der Waals surface area contributed by atoms with Gasteiger partial charge in [-0.15, -0.1) is 5.10 Å². The maximum absolute atomic E-state index is 14.1. The highest BCUT2D eigenvalue weighted by molar-refractivity contribution is 7.92. The van der Waals surface area contributed by atoms with Gasteiger partial charge in [-0.1, -0.05) is 30.3 Å². The monoisotopic (exact) mass is 381 g/mol. The van der Waals surface area contributed by atoms with Gasteiger partial charge in [-0.25, -0.2) is 17.5 Å². The molecule has 0 unspecified atom stereocenters. The highest BCUT2D eigenvalue weighted by atomic mass is 32.2. The lowest BCUT2D eigenvalue weighted by molar-refractivity contribution is -0.143. The Kier molecular flexibility index (Phi) is 3.90. The van der Waals surface area contributed by atoms with Crippen LogP contribution in [0.3, 0.4) is 0 Å². The number of hydrogen-bond donors (Lipinski definition) is 0. The van der Waals surface area contributed by atoms with Crippen molar-refractivity contribution in [2.75, 3.05) is 0 Å². The smallest absolute Gasteiger partial charge is 0.239 e. The molecule has 1 aromatic heterocycles. The zero-order valence-electron chi connectivity index (χ0n) is 12.7. The molecule has 0 saturated heterocycles. The summed E-state index contributed by atoms with van der Waals surface area (Å²) in [5.74, 6) is -5.34. The van der Waals surface area contributed by atoms with Gasteiger partial charge in [0.2, 0.25) is 0 Å². The SMILES string of the molecule is CC(F)(F)C(F)(F)S(=O)(=O)c1nc2n(n1)[C@H](c1ccccc1)C[C@@H]2F. The van der Waals surface area contributed by atoms with Crippen molar-refractivity contribution in [1.82, 2.24) is 14.8 Å². The van der Waals surface area contributed by atoms with Gasteiger partial charge in [0.1, 0.15) is 0 Å². The summed E-state index contributed by atoms with van der Waals surface area (Å²) in [6, 6.07) is 7.49. The van der Waals surface area contributed by atoms with Gasteiger partial charge in [0.25, 0.3) is 15.0 Å². The van der Waals surface area contributed by atoms with Crippen molar-refractivity contribution in [2.24, 2.45) is 0 Å². The highest BCUT2D eigenvalue weighted by Gasteiger charge is 2.64. The van der Waals surface area contributed by atoms with E-state index < -0.39 is 44.2 Å². The van der Waals surface area contributed by atoms with Crippen molar-refractivity contribution in [1.29, 1.82) is 0 Å². The molecule has 2 atom stereocenters. The molecule has 0 N–H and O–H groups in total. The van der Waals surface area contributed by atoms with Crippen LogP contribution in [0.4, 0.5) is 22.0 Å². The Morgan fingerprint density at radius 2 is 1.76 bits per heavy atom. The van der Waals surface area contributed by atoms with Gasteiger partial charge in [0, 0.05) is 13.3 Å². The van der Waals surface area contributed by atoms with Crippen LogP contribution in [0, 0.1) is 0 Å². The van der Waals surface area contributed by atoms with Crippen molar-refractivity contribution >= 4 is 9.84 Å². The summed E-state index contributed by atoms with van der Waals surface area (Å²) < 4.78 is 92.1. The predicted octanol–water partition coefficient (Wildman–Crippen LogP) is 3.30. The molecule has 3 rings (SSSR count). The average molecular weight is 381 g/mol. The Bertz CT molecular complexity index is 893. The van der Waals surface area contributed by atoms with E-state index in [9.17, 15) is 30.4 Å². The van der Waals surface area contributed by atoms with Crippen molar-refractivity contribution in [2.45, 2.75) is 41.9 Å². The number of benzene rings is 1. The first-order valence-electron chi connectivity index (χ1n) is 7.12. The molecule has 2 aromatic rings. The van der Waals surface area contributed by atoms with Crippen molar-refractivity contribution in [3.63, 3.8) is 0 Å². The second-order valence-electron chi connectivity index (χ2n) is 5.74. The number of sulfone groups is 1. The van der Waals surface area contributed by atoms with Crippen LogP contribution in [-0.4, -0.2) is 34.4 Å². The summed E-state index contributed by atoms with van der Waals surface area (Å²) in [4.78, 5) is 3.27. The molecule has 0 aliphatic carbocycles. The van der Waals surface area contributed by atoms with E-state index in [1.165, 1.54) is 0 Å². The number of alkyl halides is 5. The van der Waals surface area contributed by atoms with Crippen molar-refractivity contribution in [3.8, 4) is 0 Å². The standard InChI is InChI=1S/C14H12F5N3O2S/c1-13(16,17)14(18,19)25(23,24)12-20-11-9(15)7-10(22(11)21-12)8-5-3-2-4-6-8/h2-6,9-10H,7H2,1H3/t9-,10-/m0/s1. The molecule has 25 heavy (non-hydrogen) atoms. The van der Waals surface area contributed by atoms with Crippen molar-refractivity contribution < 1.29 is 30.4 Å². The van der Waals surface area contributed by atoms with Crippen LogP contribution >= 0.6 is 0 Å². The summed E-state index contributed by atoms with van der Waals surface area (Å²) in [7, 11) is -5.90. The Morgan fingerprint density at radius 3 is 2.32 bits per heavy atom. The molecule has 1 aliphatic heterocycles. The lowest BCUT2D eigenvalue weighted by atomic mass is 10.0. The van der Waals surface area contributed by atoms with Crippen LogP contribution in [-0.2, 0) is 9.84 Å². The molecular formula is C14H12F5N3O2S. The minimum Gasteiger partial charge on any atom is -0.239 e. The minimum atomic E-state index is -5.90. The van der Waals surface area contributed by atoms with Crippen LogP contribution in [0.15, 0.2) is 35.5 Å². The first kappa shape index (κ1) is 17.8. The van der Waals surface area contributed by atoms with Gasteiger partial charge < -0.3 is 0 Å². The number of fused-ring (bicyclic) bond motifs is 1. The third-order valence-electron chi connectivity index (χ3n) is 3.92. The van der Waals surface area contributed by atoms with E-state index in [0.29, 0.717) is 5.56 Å². The molecule has 136 valence electrons. The molecule has 0 bridgehead atoms. The topological polar surface area (TPSA) is 64.8 Å². The zero-order chi connectivity index (χ0) is 18.6. The number of aromatic nitrogens is 3. The van der Waals surface area contributed by atoms with E-state index in [1.807, 2.05) is 0 Å². The summed E-state index contributed by atoms with van der Waals surface area (Å²) in [6.07, 6.45) is -1.86. The second kappa shape index (κ2) is 5.48. The molecule has 1 aliphatic rings. The number of halogens is 5. The summed E-state index contributed by atoms with van der Waals surface area (Å²) >= 11 is 0. The zero-order valence-corrected chi connectivity index (χ0v) is 13.5. The average Bonchev–Trinajstić information content (AvgIpc) is 3.08. The lowest BCUT2D eigenvalue weighted by Gasteiger charge is -2.21. The van der Waals surface area contributed by atoms with E-state index in [1.54, 1.807) is 30.3 Å². The summed E-state index contributed by atoms with van der Waals surface area (Å²) in [5, 5.41) is -3.52. The first-order valence-corrected chi connectivity index (χ1v) is 8.61. The maximum Gasteiger partial charge on any atom is 0.414 e. The molecule has 0 spiro atoms. The van der Waals surface area contributed by atoms with Crippen LogP contribution < -0.4 is 0 Å². The molecule has 11 heteroatoms. The number of hydrogen-bond acceptors (Lipinski definition) is 4. The number of rotatable bonds is 4. The maximum atomic E-state index is 14.1. The third kappa shape index (κ3) is 2.60. The van der Waals surface area contributed by atoms with Crippen LogP contribution in [0.25, 0.3) is 0 Å².